The zero-order chi connectivity index (χ0) is 17.1. The third-order valence-electron chi connectivity index (χ3n) is 5.21. The van der Waals surface area contributed by atoms with Crippen LogP contribution < -0.4 is 21.5 Å². The molecule has 0 saturated heterocycles. The minimum absolute atomic E-state index is 0. The molecule has 2 atom stereocenters. The molecule has 2 saturated carbocycles. The SMILES string of the molecule is Cl.NC(=O)c1ccc(OCC(=O)NC2C3CCCC2CC(N)C3)cc1. The van der Waals surface area contributed by atoms with Gasteiger partial charge in [0.05, 0.1) is 0 Å². The number of halogens is 1. The average Bonchev–Trinajstić information content (AvgIpc) is 2.54. The highest BCUT2D eigenvalue weighted by Crippen LogP contribution is 2.39. The van der Waals surface area contributed by atoms with E-state index in [9.17, 15) is 9.59 Å². The van der Waals surface area contributed by atoms with E-state index < -0.39 is 5.91 Å². The molecular weight excluding hydrogens is 342 g/mol. The van der Waals surface area contributed by atoms with Gasteiger partial charge in [-0.25, -0.2) is 0 Å². The molecule has 2 fully saturated rings. The molecular formula is C18H26ClN3O3. The van der Waals surface area contributed by atoms with E-state index in [4.69, 9.17) is 16.2 Å². The molecule has 0 radical (unpaired) electrons. The van der Waals surface area contributed by atoms with Crippen molar-refractivity contribution in [2.75, 3.05) is 6.61 Å². The van der Waals surface area contributed by atoms with Crippen molar-refractivity contribution in [3.8, 4) is 5.75 Å². The van der Waals surface area contributed by atoms with Crippen LogP contribution in [0.5, 0.6) is 5.75 Å². The Labute approximate surface area is 154 Å². The number of nitrogens with one attached hydrogen (secondary N) is 1. The van der Waals surface area contributed by atoms with Crippen LogP contribution in [-0.4, -0.2) is 30.5 Å². The Morgan fingerprint density at radius 3 is 2.28 bits per heavy atom. The average molecular weight is 368 g/mol. The number of benzene rings is 1. The number of carbonyl (C=O) groups is 2. The summed E-state index contributed by atoms with van der Waals surface area (Å²) in [6.07, 6.45) is 5.51. The van der Waals surface area contributed by atoms with Gasteiger partial charge in [-0.15, -0.1) is 12.4 Å². The fraction of sp³-hybridized carbons (Fsp3) is 0.556. The Balaban J connectivity index is 0.00000225. The molecule has 0 heterocycles. The summed E-state index contributed by atoms with van der Waals surface area (Å²) in [6.45, 7) is -0.0298. The highest BCUT2D eigenvalue weighted by Gasteiger charge is 2.39. The lowest BCUT2D eigenvalue weighted by atomic mass is 9.67. The van der Waals surface area contributed by atoms with E-state index in [1.807, 2.05) is 0 Å². The number of carbonyl (C=O) groups excluding carboxylic acids is 2. The third-order valence-corrected chi connectivity index (χ3v) is 5.21. The minimum Gasteiger partial charge on any atom is -0.484 e. The van der Waals surface area contributed by atoms with Gasteiger partial charge in [-0.2, -0.15) is 0 Å². The first-order valence-corrected chi connectivity index (χ1v) is 8.60. The number of ether oxygens (including phenoxy) is 1. The van der Waals surface area contributed by atoms with Crippen molar-refractivity contribution in [2.24, 2.45) is 23.3 Å². The molecule has 2 bridgehead atoms. The number of fused-ring (bicyclic) bond motifs is 2. The van der Waals surface area contributed by atoms with Crippen LogP contribution in [0.4, 0.5) is 0 Å². The van der Waals surface area contributed by atoms with Crippen molar-refractivity contribution in [3.05, 3.63) is 29.8 Å². The smallest absolute Gasteiger partial charge is 0.258 e. The lowest BCUT2D eigenvalue weighted by molar-refractivity contribution is -0.125. The molecule has 2 amide bonds. The molecule has 0 aromatic heterocycles. The zero-order valence-electron chi connectivity index (χ0n) is 14.1. The summed E-state index contributed by atoms with van der Waals surface area (Å²) in [6, 6.07) is 6.95. The van der Waals surface area contributed by atoms with Crippen molar-refractivity contribution < 1.29 is 14.3 Å². The van der Waals surface area contributed by atoms with Crippen LogP contribution in [0.1, 0.15) is 42.5 Å². The predicted molar refractivity (Wildman–Crippen MR) is 97.7 cm³/mol. The highest BCUT2D eigenvalue weighted by atomic mass is 35.5. The number of hydrogen-bond acceptors (Lipinski definition) is 4. The molecule has 138 valence electrons. The zero-order valence-corrected chi connectivity index (χ0v) is 15.0. The van der Waals surface area contributed by atoms with Gasteiger partial charge >= 0.3 is 0 Å². The molecule has 3 rings (SSSR count). The van der Waals surface area contributed by atoms with Gasteiger partial charge in [0.2, 0.25) is 5.91 Å². The second-order valence-electron chi connectivity index (χ2n) is 6.95. The van der Waals surface area contributed by atoms with Crippen LogP contribution in [0.3, 0.4) is 0 Å². The van der Waals surface area contributed by atoms with Crippen LogP contribution in [0.2, 0.25) is 0 Å². The molecule has 0 spiro atoms. The van der Waals surface area contributed by atoms with Crippen LogP contribution in [0, 0.1) is 11.8 Å². The first-order valence-electron chi connectivity index (χ1n) is 8.60. The van der Waals surface area contributed by atoms with Crippen LogP contribution in [-0.2, 0) is 4.79 Å². The summed E-state index contributed by atoms with van der Waals surface area (Å²) in [5, 5.41) is 3.15. The first kappa shape index (κ1) is 19.5. The minimum atomic E-state index is -0.485. The summed E-state index contributed by atoms with van der Waals surface area (Å²) >= 11 is 0. The molecule has 2 unspecified atom stereocenters. The molecule has 7 heteroatoms. The summed E-state index contributed by atoms with van der Waals surface area (Å²) < 4.78 is 5.50. The van der Waals surface area contributed by atoms with Gasteiger partial charge < -0.3 is 21.5 Å². The Hall–Kier alpha value is -1.79. The van der Waals surface area contributed by atoms with E-state index in [1.54, 1.807) is 24.3 Å². The largest absolute Gasteiger partial charge is 0.484 e. The lowest BCUT2D eigenvalue weighted by Gasteiger charge is -2.45. The lowest BCUT2D eigenvalue weighted by Crippen LogP contribution is -2.54. The highest BCUT2D eigenvalue weighted by molar-refractivity contribution is 5.92. The number of rotatable bonds is 5. The molecule has 25 heavy (non-hydrogen) atoms. The summed E-state index contributed by atoms with van der Waals surface area (Å²) in [4.78, 5) is 23.3. The van der Waals surface area contributed by atoms with Crippen LogP contribution in [0.25, 0.3) is 0 Å². The van der Waals surface area contributed by atoms with Crippen LogP contribution in [0.15, 0.2) is 24.3 Å². The second kappa shape index (κ2) is 8.54. The van der Waals surface area contributed by atoms with Crippen molar-refractivity contribution in [1.82, 2.24) is 5.32 Å². The van der Waals surface area contributed by atoms with Gasteiger partial charge in [0.15, 0.2) is 6.61 Å². The normalized spacial score (nSPS) is 27.7. The van der Waals surface area contributed by atoms with Gasteiger partial charge in [-0.3, -0.25) is 9.59 Å². The predicted octanol–water partition coefficient (Wildman–Crippen LogP) is 1.61. The Bertz CT molecular complexity index is 594. The molecule has 2 aliphatic carbocycles. The van der Waals surface area contributed by atoms with Crippen molar-refractivity contribution >= 4 is 24.2 Å². The third kappa shape index (κ3) is 4.86. The van der Waals surface area contributed by atoms with E-state index in [-0.39, 0.29) is 37.0 Å². The fourth-order valence-electron chi connectivity index (χ4n) is 4.12. The standard InChI is InChI=1S/C18H25N3O3.ClH/c19-14-8-12-2-1-3-13(9-14)17(12)21-16(22)10-24-15-6-4-11(5-7-15)18(20)23;/h4-7,12-14,17H,1-3,8-10,19H2,(H2,20,23)(H,21,22);1H. The van der Waals surface area contributed by atoms with Crippen molar-refractivity contribution in [3.63, 3.8) is 0 Å². The molecule has 6 nitrogen and oxygen atoms in total. The monoisotopic (exact) mass is 367 g/mol. The topological polar surface area (TPSA) is 107 Å². The molecule has 2 aliphatic rings. The van der Waals surface area contributed by atoms with E-state index in [0.29, 0.717) is 23.1 Å². The quantitative estimate of drug-likeness (QED) is 0.734. The van der Waals surface area contributed by atoms with Gasteiger partial charge in [0.1, 0.15) is 5.75 Å². The maximum atomic E-state index is 12.2. The molecule has 0 aliphatic heterocycles. The number of hydrogen-bond donors (Lipinski definition) is 3. The van der Waals surface area contributed by atoms with Crippen LogP contribution >= 0.6 is 12.4 Å². The van der Waals surface area contributed by atoms with Gasteiger partial charge in [-0.05, 0) is 61.8 Å². The Kier molecular flexibility index (Phi) is 6.67. The van der Waals surface area contributed by atoms with Gasteiger partial charge in [0, 0.05) is 17.6 Å². The number of nitrogens with two attached hydrogens (primary N) is 2. The van der Waals surface area contributed by atoms with E-state index >= 15 is 0 Å². The fourth-order valence-corrected chi connectivity index (χ4v) is 4.12. The van der Waals surface area contributed by atoms with Crippen molar-refractivity contribution in [1.29, 1.82) is 0 Å². The van der Waals surface area contributed by atoms with Gasteiger partial charge in [-0.1, -0.05) is 6.42 Å². The maximum Gasteiger partial charge on any atom is 0.258 e. The van der Waals surface area contributed by atoms with E-state index in [1.165, 1.54) is 6.42 Å². The molecule has 5 N–H and O–H groups in total. The van der Waals surface area contributed by atoms with E-state index in [0.717, 1.165) is 25.7 Å². The molecule has 1 aromatic rings. The summed E-state index contributed by atoms with van der Waals surface area (Å²) in [5.74, 6) is 0.936. The first-order chi connectivity index (χ1) is 11.5. The molecule has 1 aromatic carbocycles. The van der Waals surface area contributed by atoms with E-state index in [2.05, 4.69) is 5.32 Å². The summed E-state index contributed by atoms with van der Waals surface area (Å²) in [7, 11) is 0. The Morgan fingerprint density at radius 1 is 1.12 bits per heavy atom. The second-order valence-corrected chi connectivity index (χ2v) is 6.95. The van der Waals surface area contributed by atoms with Gasteiger partial charge in [0.25, 0.3) is 5.91 Å². The van der Waals surface area contributed by atoms with Crippen molar-refractivity contribution in [2.45, 2.75) is 44.2 Å². The maximum absolute atomic E-state index is 12.2. The Morgan fingerprint density at radius 2 is 1.72 bits per heavy atom. The summed E-state index contributed by atoms with van der Waals surface area (Å²) in [5.41, 5.74) is 11.7. The number of primary amides is 1. The number of amides is 2.